The van der Waals surface area contributed by atoms with Gasteiger partial charge in [-0.05, 0) is 139 Å². The van der Waals surface area contributed by atoms with E-state index >= 15 is 0 Å². The molecule has 2 aromatic heterocycles. The molecule has 0 amide bonds. The Labute approximate surface area is 381 Å². The number of nitrogens with zero attached hydrogens (tertiary/aromatic N) is 2. The highest BCUT2D eigenvalue weighted by Gasteiger charge is 2.45. The maximum Gasteiger partial charge on any atom is 0.333 e. The monoisotopic (exact) mass is 838 g/mol. The fourth-order valence-electron chi connectivity index (χ4n) is 12.2. The fourth-order valence-corrected chi connectivity index (χ4v) is 12.2. The third-order valence-electron chi connectivity index (χ3n) is 15.1. The van der Waals surface area contributed by atoms with Gasteiger partial charge < -0.3 is 13.8 Å². The van der Waals surface area contributed by atoms with E-state index in [-0.39, 0.29) is 6.85 Å². The van der Waals surface area contributed by atoms with Gasteiger partial charge in [0.05, 0.1) is 0 Å². The van der Waals surface area contributed by atoms with Crippen LogP contribution in [0.2, 0.25) is 0 Å². The summed E-state index contributed by atoms with van der Waals surface area (Å²) in [6.45, 7) is 4.47. The summed E-state index contributed by atoms with van der Waals surface area (Å²) in [6, 6.07) is 74.4. The summed E-state index contributed by atoms with van der Waals surface area (Å²) >= 11 is 0. The molecule has 2 aliphatic heterocycles. The SMILES string of the molecule is Cc1c2ccccc2c(C)c2cc3c(cc12)B1c2c(cc4c(oc5ccccc54)c2-c2cc4ccccc4c4c5ccccc5n1c24)N3c1cc(-c2ccccc2)cc(-c2ccccc2)c1. The molecule has 13 aromatic rings. The predicted molar refractivity (Wildman–Crippen MR) is 280 cm³/mol. The number of hydrogen-bond donors (Lipinski definition) is 0. The van der Waals surface area contributed by atoms with Crippen molar-refractivity contribution in [3.05, 3.63) is 211 Å². The van der Waals surface area contributed by atoms with Gasteiger partial charge in [-0.3, -0.25) is 0 Å². The molecule has 2 aliphatic rings. The third-order valence-corrected chi connectivity index (χ3v) is 15.1. The topological polar surface area (TPSA) is 21.3 Å². The van der Waals surface area contributed by atoms with Crippen LogP contribution in [0.3, 0.4) is 0 Å². The molecular formula is C62H39BN2O. The molecule has 0 aliphatic carbocycles. The lowest BCUT2D eigenvalue weighted by molar-refractivity contribution is 0.670. The van der Waals surface area contributed by atoms with Crippen LogP contribution >= 0.6 is 0 Å². The van der Waals surface area contributed by atoms with Crippen LogP contribution in [0.5, 0.6) is 0 Å². The van der Waals surface area contributed by atoms with Crippen molar-refractivity contribution >= 4 is 111 Å². The number of rotatable bonds is 3. The highest BCUT2D eigenvalue weighted by Crippen LogP contribution is 2.52. The molecule has 66 heavy (non-hydrogen) atoms. The van der Waals surface area contributed by atoms with Crippen molar-refractivity contribution in [1.82, 2.24) is 4.48 Å². The molecule has 0 atom stereocenters. The van der Waals surface area contributed by atoms with E-state index in [0.29, 0.717) is 0 Å². The molecule has 0 N–H and O–H groups in total. The number of anilines is 3. The maximum atomic E-state index is 7.16. The van der Waals surface area contributed by atoms with Crippen LogP contribution in [-0.2, 0) is 0 Å². The van der Waals surface area contributed by atoms with Crippen LogP contribution in [0.4, 0.5) is 17.1 Å². The Bertz CT molecular complexity index is 4200. The first-order valence-electron chi connectivity index (χ1n) is 23.0. The molecular weight excluding hydrogens is 800 g/mol. The molecule has 0 spiro atoms. The summed E-state index contributed by atoms with van der Waals surface area (Å²) in [5.74, 6) is 0. The molecule has 11 aromatic carbocycles. The van der Waals surface area contributed by atoms with E-state index < -0.39 is 0 Å². The first-order valence-corrected chi connectivity index (χ1v) is 23.0. The molecule has 4 heteroatoms. The summed E-state index contributed by atoms with van der Waals surface area (Å²) in [7, 11) is 0. The number of furan rings is 1. The van der Waals surface area contributed by atoms with Crippen LogP contribution in [0, 0.1) is 13.8 Å². The minimum Gasteiger partial charge on any atom is -0.455 e. The van der Waals surface area contributed by atoms with Gasteiger partial charge in [-0.2, -0.15) is 0 Å². The minimum atomic E-state index is -0.156. The van der Waals surface area contributed by atoms with E-state index in [9.17, 15) is 0 Å². The average Bonchev–Trinajstić information content (AvgIpc) is 3.93. The van der Waals surface area contributed by atoms with E-state index in [2.05, 4.69) is 223 Å². The number of aromatic nitrogens is 1. The standard InChI is InChI=1S/C62H39BN2O/c1-36-44-22-11-12-23-45(44)37(2)50-34-55-53(33-49(36)50)63-60-56(64(55)43-30-41(38-17-5-3-6-18-38)29-42(31-43)39-19-7-4-8-20-39)35-51-47-25-14-16-28-57(47)66-62(51)59(60)52-32-40-21-9-10-24-46(40)58-48-26-13-15-27-54(48)65(63)61(52)58/h3-35H,1-2H3. The predicted octanol–water partition coefficient (Wildman–Crippen LogP) is 15.5. The van der Waals surface area contributed by atoms with E-state index in [1.807, 2.05) is 0 Å². The highest BCUT2D eigenvalue weighted by atomic mass is 16.3. The van der Waals surface area contributed by atoms with E-state index in [1.54, 1.807) is 0 Å². The number of fused-ring (bicyclic) bond motifs is 15. The zero-order chi connectivity index (χ0) is 43.4. The van der Waals surface area contributed by atoms with E-state index in [4.69, 9.17) is 4.42 Å². The third kappa shape index (κ3) is 4.72. The van der Waals surface area contributed by atoms with Gasteiger partial charge >= 0.3 is 6.85 Å². The van der Waals surface area contributed by atoms with E-state index in [1.165, 1.54) is 121 Å². The van der Waals surface area contributed by atoms with Gasteiger partial charge in [0.2, 0.25) is 0 Å². The van der Waals surface area contributed by atoms with Gasteiger partial charge in [-0.15, -0.1) is 0 Å². The zero-order valence-corrected chi connectivity index (χ0v) is 36.4. The van der Waals surface area contributed by atoms with Gasteiger partial charge in [0, 0.05) is 60.8 Å². The van der Waals surface area contributed by atoms with Crippen molar-refractivity contribution in [2.75, 3.05) is 4.90 Å². The zero-order valence-electron chi connectivity index (χ0n) is 36.4. The van der Waals surface area contributed by atoms with Crippen molar-refractivity contribution in [3.63, 3.8) is 0 Å². The Balaban J connectivity index is 1.17. The maximum absolute atomic E-state index is 7.16. The molecule has 0 fully saturated rings. The smallest absolute Gasteiger partial charge is 0.333 e. The van der Waals surface area contributed by atoms with Crippen LogP contribution in [0.1, 0.15) is 11.1 Å². The Kier molecular flexibility index (Phi) is 7.17. The normalized spacial score (nSPS) is 12.9. The second kappa shape index (κ2) is 13.1. The molecule has 0 saturated heterocycles. The lowest BCUT2D eigenvalue weighted by Gasteiger charge is -2.41. The second-order valence-corrected chi connectivity index (χ2v) is 18.4. The van der Waals surface area contributed by atoms with Gasteiger partial charge in [-0.1, -0.05) is 152 Å². The van der Waals surface area contributed by atoms with Crippen LogP contribution in [0.25, 0.3) is 109 Å². The van der Waals surface area contributed by atoms with Crippen LogP contribution in [-0.4, -0.2) is 11.3 Å². The fraction of sp³-hybridized carbons (Fsp3) is 0.0323. The number of hydrogen-bond acceptors (Lipinski definition) is 2. The molecule has 0 unspecified atom stereocenters. The Hall–Kier alpha value is -8.34. The Morgan fingerprint density at radius 2 is 1.02 bits per heavy atom. The summed E-state index contributed by atoms with van der Waals surface area (Å²) in [6.07, 6.45) is 0. The quantitative estimate of drug-likeness (QED) is 0.131. The minimum absolute atomic E-state index is 0.156. The van der Waals surface area contributed by atoms with Crippen LogP contribution < -0.4 is 15.8 Å². The largest absolute Gasteiger partial charge is 0.455 e. The second-order valence-electron chi connectivity index (χ2n) is 18.4. The molecule has 15 rings (SSSR count). The molecule has 0 radical (unpaired) electrons. The average molecular weight is 839 g/mol. The molecule has 306 valence electrons. The molecule has 0 bridgehead atoms. The molecule has 3 nitrogen and oxygen atoms in total. The number of para-hydroxylation sites is 2. The van der Waals surface area contributed by atoms with Crippen molar-refractivity contribution < 1.29 is 4.42 Å². The Morgan fingerprint density at radius 3 is 1.73 bits per heavy atom. The first kappa shape index (κ1) is 36.1. The summed E-state index contributed by atoms with van der Waals surface area (Å²) < 4.78 is 9.85. The van der Waals surface area contributed by atoms with Gasteiger partial charge in [0.1, 0.15) is 11.2 Å². The van der Waals surface area contributed by atoms with Crippen molar-refractivity contribution in [2.24, 2.45) is 0 Å². The van der Waals surface area contributed by atoms with Crippen molar-refractivity contribution in [2.45, 2.75) is 13.8 Å². The lowest BCUT2D eigenvalue weighted by Crippen LogP contribution is -2.56. The van der Waals surface area contributed by atoms with Crippen molar-refractivity contribution in [3.8, 4) is 33.4 Å². The first-order chi connectivity index (χ1) is 32.6. The Morgan fingerprint density at radius 1 is 0.439 bits per heavy atom. The molecule has 4 heterocycles. The molecule has 0 saturated carbocycles. The van der Waals surface area contributed by atoms with Gasteiger partial charge in [0.15, 0.2) is 0 Å². The van der Waals surface area contributed by atoms with Gasteiger partial charge in [-0.25, -0.2) is 0 Å². The van der Waals surface area contributed by atoms with Crippen molar-refractivity contribution in [1.29, 1.82) is 0 Å². The highest BCUT2D eigenvalue weighted by molar-refractivity contribution is 6.90. The van der Waals surface area contributed by atoms with Crippen LogP contribution in [0.15, 0.2) is 205 Å². The summed E-state index contributed by atoms with van der Waals surface area (Å²) in [5.41, 5.74) is 20.1. The lowest BCUT2D eigenvalue weighted by atomic mass is 9.44. The number of benzene rings is 11. The van der Waals surface area contributed by atoms with E-state index in [0.717, 1.165) is 27.6 Å². The number of aryl methyl sites for hydroxylation is 2. The summed E-state index contributed by atoms with van der Waals surface area (Å²) in [5, 5.41) is 12.5. The van der Waals surface area contributed by atoms with Gasteiger partial charge in [0.25, 0.3) is 0 Å². The summed E-state index contributed by atoms with van der Waals surface area (Å²) in [4.78, 5) is 2.60.